The molecule has 130 valence electrons. The molecule has 1 saturated heterocycles. The minimum absolute atomic E-state index is 0.00493. The molecule has 0 aromatic heterocycles. The Morgan fingerprint density at radius 2 is 2.04 bits per heavy atom. The summed E-state index contributed by atoms with van der Waals surface area (Å²) in [5, 5.41) is 9.65. The highest BCUT2D eigenvalue weighted by atomic mass is 32.2. The standard InChI is InChI=1S/C17H25FO4S/c1-11-5-7-13(8-6-11)23-20-10-14(18)16-12(2)9-15(21-16)22-17(3,4)19/h5-8,12,14-16,19H,9-10H2,1-4H3/t12?,14?,15-,16?/m1/s1. The largest absolute Gasteiger partial charge is 0.366 e. The van der Waals surface area contributed by atoms with Crippen molar-refractivity contribution in [2.75, 3.05) is 6.61 Å². The highest BCUT2D eigenvalue weighted by molar-refractivity contribution is 7.94. The highest BCUT2D eigenvalue weighted by Gasteiger charge is 2.40. The number of halogens is 1. The smallest absolute Gasteiger partial charge is 0.162 e. The number of hydrogen-bond acceptors (Lipinski definition) is 5. The van der Waals surface area contributed by atoms with Crippen molar-refractivity contribution < 1.29 is 23.2 Å². The predicted octanol–water partition coefficient (Wildman–Crippen LogP) is 3.85. The van der Waals surface area contributed by atoms with Crippen LogP contribution in [0.2, 0.25) is 0 Å². The Bertz CT molecular complexity index is 488. The van der Waals surface area contributed by atoms with Crippen molar-refractivity contribution in [3.63, 3.8) is 0 Å². The van der Waals surface area contributed by atoms with E-state index < -0.39 is 24.4 Å². The van der Waals surface area contributed by atoms with Gasteiger partial charge in [-0.1, -0.05) is 24.6 Å². The molecule has 2 rings (SSSR count). The monoisotopic (exact) mass is 344 g/mol. The molecule has 4 nitrogen and oxygen atoms in total. The van der Waals surface area contributed by atoms with Gasteiger partial charge in [0.15, 0.2) is 18.2 Å². The van der Waals surface area contributed by atoms with Crippen LogP contribution in [0.25, 0.3) is 0 Å². The van der Waals surface area contributed by atoms with Crippen molar-refractivity contribution in [3.8, 4) is 0 Å². The van der Waals surface area contributed by atoms with Crippen molar-refractivity contribution in [3.05, 3.63) is 29.8 Å². The lowest BCUT2D eigenvalue weighted by Crippen LogP contribution is -2.33. The van der Waals surface area contributed by atoms with Crippen molar-refractivity contribution in [2.45, 2.75) is 63.4 Å². The van der Waals surface area contributed by atoms with Crippen LogP contribution in [0.15, 0.2) is 29.2 Å². The quantitative estimate of drug-likeness (QED) is 0.601. The summed E-state index contributed by atoms with van der Waals surface area (Å²) >= 11 is 1.16. The maximum absolute atomic E-state index is 14.4. The first-order valence-corrected chi connectivity index (χ1v) is 8.54. The van der Waals surface area contributed by atoms with Gasteiger partial charge in [0, 0.05) is 23.4 Å². The van der Waals surface area contributed by atoms with Crippen LogP contribution in [0.4, 0.5) is 4.39 Å². The van der Waals surface area contributed by atoms with E-state index in [1.54, 1.807) is 0 Å². The fourth-order valence-electron chi connectivity index (χ4n) is 2.50. The predicted molar refractivity (Wildman–Crippen MR) is 87.7 cm³/mol. The molecule has 1 aromatic carbocycles. The third-order valence-electron chi connectivity index (χ3n) is 3.61. The minimum atomic E-state index is -1.29. The number of aliphatic hydroxyl groups is 1. The Hall–Kier alpha value is -0.660. The van der Waals surface area contributed by atoms with Crippen LogP contribution >= 0.6 is 12.0 Å². The third-order valence-corrected chi connectivity index (χ3v) is 4.33. The minimum Gasteiger partial charge on any atom is -0.366 e. The molecule has 1 fully saturated rings. The number of ether oxygens (including phenoxy) is 2. The molecule has 0 radical (unpaired) electrons. The third kappa shape index (κ3) is 6.04. The number of alkyl halides is 1. The van der Waals surface area contributed by atoms with E-state index in [9.17, 15) is 9.50 Å². The first-order valence-electron chi connectivity index (χ1n) is 7.80. The summed E-state index contributed by atoms with van der Waals surface area (Å²) < 4.78 is 30.7. The molecular formula is C17H25FO4S. The lowest BCUT2D eigenvalue weighted by atomic mass is 10.0. The Balaban J connectivity index is 1.76. The molecule has 1 aliphatic rings. The van der Waals surface area contributed by atoms with E-state index in [2.05, 4.69) is 0 Å². The second kappa shape index (κ2) is 7.94. The molecule has 1 N–H and O–H groups in total. The zero-order valence-corrected chi connectivity index (χ0v) is 14.8. The van der Waals surface area contributed by atoms with Crippen LogP contribution in [-0.4, -0.2) is 36.1 Å². The molecule has 0 saturated carbocycles. The van der Waals surface area contributed by atoms with Crippen LogP contribution < -0.4 is 0 Å². The SMILES string of the molecule is Cc1ccc(SOCC(F)C2O[C@H](OC(C)(C)O)CC2C)cc1. The molecule has 0 spiro atoms. The van der Waals surface area contributed by atoms with E-state index in [-0.39, 0.29) is 12.5 Å². The maximum atomic E-state index is 14.4. The summed E-state index contributed by atoms with van der Waals surface area (Å²) in [6.07, 6.45) is -1.85. The summed E-state index contributed by atoms with van der Waals surface area (Å²) in [6.45, 7) is 6.93. The molecule has 1 heterocycles. The molecular weight excluding hydrogens is 319 g/mol. The van der Waals surface area contributed by atoms with E-state index in [1.165, 1.54) is 19.4 Å². The van der Waals surface area contributed by atoms with Gasteiger partial charge in [-0.25, -0.2) is 4.39 Å². The van der Waals surface area contributed by atoms with Gasteiger partial charge in [0.05, 0.1) is 12.7 Å². The normalized spacial score (nSPS) is 26.4. The van der Waals surface area contributed by atoms with Gasteiger partial charge in [0.1, 0.15) is 0 Å². The zero-order valence-electron chi connectivity index (χ0n) is 14.0. The Kier molecular flexibility index (Phi) is 6.45. The molecule has 1 aromatic rings. The number of aryl methyl sites for hydroxylation is 1. The fourth-order valence-corrected chi connectivity index (χ4v) is 3.08. The summed E-state index contributed by atoms with van der Waals surface area (Å²) in [5.74, 6) is -1.28. The number of benzene rings is 1. The van der Waals surface area contributed by atoms with Crippen molar-refractivity contribution in [2.24, 2.45) is 5.92 Å². The Labute approximate surface area is 141 Å². The van der Waals surface area contributed by atoms with E-state index in [1.807, 2.05) is 38.1 Å². The van der Waals surface area contributed by atoms with Crippen LogP contribution in [0.5, 0.6) is 0 Å². The Morgan fingerprint density at radius 3 is 2.65 bits per heavy atom. The van der Waals surface area contributed by atoms with Crippen LogP contribution in [0.3, 0.4) is 0 Å². The average Bonchev–Trinajstić information content (AvgIpc) is 2.79. The van der Waals surface area contributed by atoms with E-state index in [4.69, 9.17) is 13.7 Å². The van der Waals surface area contributed by atoms with Gasteiger partial charge in [0.2, 0.25) is 0 Å². The van der Waals surface area contributed by atoms with Gasteiger partial charge in [-0.3, -0.25) is 0 Å². The van der Waals surface area contributed by atoms with Gasteiger partial charge >= 0.3 is 0 Å². The molecule has 0 aliphatic carbocycles. The van der Waals surface area contributed by atoms with E-state index in [0.717, 1.165) is 16.9 Å². The summed E-state index contributed by atoms with van der Waals surface area (Å²) in [5.41, 5.74) is 1.17. The van der Waals surface area contributed by atoms with Crippen LogP contribution in [-0.2, 0) is 13.7 Å². The molecule has 4 atom stereocenters. The summed E-state index contributed by atoms with van der Waals surface area (Å²) in [4.78, 5) is 0.937. The van der Waals surface area contributed by atoms with E-state index >= 15 is 0 Å². The molecule has 23 heavy (non-hydrogen) atoms. The van der Waals surface area contributed by atoms with E-state index in [0.29, 0.717) is 6.42 Å². The van der Waals surface area contributed by atoms with Gasteiger partial charge in [-0.05, 0) is 38.8 Å². The number of rotatable bonds is 7. The lowest BCUT2D eigenvalue weighted by molar-refractivity contribution is -0.271. The van der Waals surface area contributed by atoms with Gasteiger partial charge in [0.25, 0.3) is 0 Å². The maximum Gasteiger partial charge on any atom is 0.162 e. The lowest BCUT2D eigenvalue weighted by Gasteiger charge is -2.24. The molecule has 6 heteroatoms. The highest BCUT2D eigenvalue weighted by Crippen LogP contribution is 2.32. The van der Waals surface area contributed by atoms with Gasteiger partial charge in [-0.15, -0.1) is 0 Å². The fraction of sp³-hybridized carbons (Fsp3) is 0.647. The molecule has 1 aliphatic heterocycles. The molecule has 0 amide bonds. The van der Waals surface area contributed by atoms with Crippen molar-refractivity contribution in [1.29, 1.82) is 0 Å². The second-order valence-electron chi connectivity index (χ2n) is 6.50. The average molecular weight is 344 g/mol. The van der Waals surface area contributed by atoms with Gasteiger partial charge in [-0.2, -0.15) is 0 Å². The first kappa shape index (κ1) is 18.7. The summed E-state index contributed by atoms with van der Waals surface area (Å²) in [7, 11) is 0. The van der Waals surface area contributed by atoms with Crippen molar-refractivity contribution >= 4 is 12.0 Å². The van der Waals surface area contributed by atoms with Gasteiger partial charge < -0.3 is 18.8 Å². The van der Waals surface area contributed by atoms with Crippen molar-refractivity contribution in [1.82, 2.24) is 0 Å². The first-order chi connectivity index (χ1) is 10.7. The molecule has 0 bridgehead atoms. The zero-order chi connectivity index (χ0) is 17.0. The summed E-state index contributed by atoms with van der Waals surface area (Å²) in [6, 6.07) is 7.85. The van der Waals surface area contributed by atoms with Crippen LogP contribution in [0, 0.1) is 12.8 Å². The molecule has 3 unspecified atom stereocenters. The van der Waals surface area contributed by atoms with Crippen LogP contribution in [0.1, 0.15) is 32.8 Å². The Morgan fingerprint density at radius 1 is 1.39 bits per heavy atom. The number of hydrogen-bond donors (Lipinski definition) is 1. The second-order valence-corrected chi connectivity index (χ2v) is 7.38. The topological polar surface area (TPSA) is 47.9 Å².